The highest BCUT2D eigenvalue weighted by atomic mass is 16.5. The number of carbonyl (C=O) groups excluding carboxylic acids is 2. The van der Waals surface area contributed by atoms with Gasteiger partial charge in [0.1, 0.15) is 17.7 Å². The van der Waals surface area contributed by atoms with Crippen molar-refractivity contribution in [3.63, 3.8) is 0 Å². The van der Waals surface area contributed by atoms with Crippen LogP contribution in [0.5, 0.6) is 5.75 Å². The SMILES string of the molecule is CCCCN1CCN(Cc2ccc(OC3=CCC(C(=O)NC(C)(C)CCOC(C)(C)CCN(N)/C=C(\N)CC(C)C)C=C3)cc2)CCC(=O)NCC1O. The molecule has 3 rings (SSSR count). The molecule has 2 atom stereocenters. The van der Waals surface area contributed by atoms with E-state index in [0.29, 0.717) is 57.2 Å². The Morgan fingerprint density at radius 1 is 1.15 bits per heavy atom. The second-order valence-corrected chi connectivity index (χ2v) is 16.3. The summed E-state index contributed by atoms with van der Waals surface area (Å²) in [5.41, 5.74) is 7.15. The summed E-state index contributed by atoms with van der Waals surface area (Å²) in [5, 5.41) is 18.3. The quantitative estimate of drug-likeness (QED) is 0.0990. The van der Waals surface area contributed by atoms with Gasteiger partial charge >= 0.3 is 0 Å². The fraction of sp³-hybridized carbons (Fsp3) is 0.659. The first-order chi connectivity index (χ1) is 25.0. The summed E-state index contributed by atoms with van der Waals surface area (Å²) in [6.45, 7) is 19.6. The molecule has 53 heavy (non-hydrogen) atoms. The Morgan fingerprint density at radius 3 is 2.55 bits per heavy atom. The molecule has 7 N–H and O–H groups in total. The fourth-order valence-electron chi connectivity index (χ4n) is 6.26. The highest BCUT2D eigenvalue weighted by Gasteiger charge is 2.27. The number of nitrogens with two attached hydrogens (primary N) is 2. The Hall–Kier alpha value is -3.42. The number of aliphatic hydroxyl groups is 1. The van der Waals surface area contributed by atoms with Gasteiger partial charge in [0.2, 0.25) is 11.8 Å². The van der Waals surface area contributed by atoms with Crippen molar-refractivity contribution in [1.82, 2.24) is 25.4 Å². The molecule has 2 aliphatic rings. The van der Waals surface area contributed by atoms with Crippen LogP contribution in [0.15, 0.2) is 60.1 Å². The number of unbranched alkanes of at least 4 members (excludes halogenated alkanes) is 1. The van der Waals surface area contributed by atoms with Crippen LogP contribution in [0.1, 0.15) is 99.0 Å². The lowest BCUT2D eigenvalue weighted by molar-refractivity contribution is -0.125. The average Bonchev–Trinajstić information content (AvgIpc) is 3.08. The van der Waals surface area contributed by atoms with Crippen molar-refractivity contribution in [2.24, 2.45) is 23.4 Å². The maximum atomic E-state index is 13.2. The second-order valence-electron chi connectivity index (χ2n) is 16.3. The highest BCUT2D eigenvalue weighted by molar-refractivity contribution is 5.81. The number of benzene rings is 1. The van der Waals surface area contributed by atoms with Crippen molar-refractivity contribution in [1.29, 1.82) is 0 Å². The molecule has 12 nitrogen and oxygen atoms in total. The van der Waals surface area contributed by atoms with Gasteiger partial charge in [-0.3, -0.25) is 19.4 Å². The van der Waals surface area contributed by atoms with Crippen LogP contribution in [0, 0.1) is 11.8 Å². The van der Waals surface area contributed by atoms with Crippen LogP contribution in [0.4, 0.5) is 0 Å². The molecule has 1 aliphatic heterocycles. The van der Waals surface area contributed by atoms with Gasteiger partial charge in [-0.25, -0.2) is 5.84 Å². The molecule has 1 aromatic carbocycles. The van der Waals surface area contributed by atoms with Crippen molar-refractivity contribution >= 4 is 11.8 Å². The molecular formula is C41H69N7O5. The van der Waals surface area contributed by atoms with E-state index in [1.165, 1.54) is 0 Å². The van der Waals surface area contributed by atoms with Gasteiger partial charge in [-0.15, -0.1) is 0 Å². The zero-order valence-corrected chi connectivity index (χ0v) is 33.5. The molecule has 1 aromatic rings. The number of rotatable bonds is 19. The van der Waals surface area contributed by atoms with E-state index in [4.69, 9.17) is 21.1 Å². The molecule has 0 aromatic heterocycles. The van der Waals surface area contributed by atoms with E-state index in [-0.39, 0.29) is 29.9 Å². The first kappa shape index (κ1) is 44.0. The highest BCUT2D eigenvalue weighted by Crippen LogP contribution is 2.24. The zero-order valence-electron chi connectivity index (χ0n) is 33.5. The number of β-amino-alcohol motifs (C(OH)–C–C–N with tert-alkyl or cyclic N) is 1. The number of aliphatic hydroxyl groups excluding tert-OH is 1. The van der Waals surface area contributed by atoms with Crippen molar-refractivity contribution in [2.45, 2.75) is 117 Å². The molecule has 1 saturated heterocycles. The molecule has 298 valence electrons. The summed E-state index contributed by atoms with van der Waals surface area (Å²) in [5.74, 6) is 7.70. The van der Waals surface area contributed by atoms with Crippen molar-refractivity contribution < 1.29 is 24.2 Å². The average molecular weight is 740 g/mol. The van der Waals surface area contributed by atoms with Gasteiger partial charge in [-0.1, -0.05) is 45.4 Å². The van der Waals surface area contributed by atoms with Crippen LogP contribution in [-0.4, -0.2) is 95.0 Å². The maximum absolute atomic E-state index is 13.2. The third kappa shape index (κ3) is 17.1. The Kier molecular flexibility index (Phi) is 17.8. The van der Waals surface area contributed by atoms with E-state index in [2.05, 4.69) is 55.1 Å². The standard InChI is InChI=1S/C41H69N7O5/c1-8-9-21-47-25-24-46(22-18-37(49)44-28-38(47)50)29-32-10-14-35(15-11-32)53-36-16-12-33(13-17-36)39(51)45-40(4,5)20-26-52-41(6,7)19-23-48(43)30-34(42)27-31(2)3/h10-12,14-17,30-31,33,38,50H,8-9,13,18-29,42-43H2,1-7H3,(H,44,49)(H,45,51)/b34-30-. The minimum absolute atomic E-state index is 0.0225. The molecule has 1 heterocycles. The predicted molar refractivity (Wildman–Crippen MR) is 212 cm³/mol. The van der Waals surface area contributed by atoms with Crippen LogP contribution in [0.25, 0.3) is 0 Å². The number of hydrogen-bond acceptors (Lipinski definition) is 10. The summed E-state index contributed by atoms with van der Waals surface area (Å²) < 4.78 is 12.3. The van der Waals surface area contributed by atoms with Crippen LogP contribution >= 0.6 is 0 Å². The minimum Gasteiger partial charge on any atom is -0.458 e. The van der Waals surface area contributed by atoms with E-state index >= 15 is 0 Å². The normalized spacial score (nSPS) is 19.8. The number of nitrogens with one attached hydrogen (secondary N) is 2. The second kappa shape index (κ2) is 21.5. The number of carbonyl (C=O) groups is 2. The summed E-state index contributed by atoms with van der Waals surface area (Å²) >= 11 is 0. The Labute approximate surface area is 318 Å². The first-order valence-electron chi connectivity index (χ1n) is 19.5. The zero-order chi connectivity index (χ0) is 39.0. The molecule has 0 radical (unpaired) electrons. The number of allylic oxidation sites excluding steroid dienone is 3. The van der Waals surface area contributed by atoms with Gasteiger partial charge < -0.3 is 36.0 Å². The van der Waals surface area contributed by atoms with E-state index in [9.17, 15) is 14.7 Å². The fourth-order valence-corrected chi connectivity index (χ4v) is 6.26. The van der Waals surface area contributed by atoms with Crippen LogP contribution in [0.2, 0.25) is 0 Å². The predicted octanol–water partition coefficient (Wildman–Crippen LogP) is 4.76. The Bertz CT molecular complexity index is 1370. The lowest BCUT2D eigenvalue weighted by Crippen LogP contribution is -2.49. The third-order valence-electron chi connectivity index (χ3n) is 9.66. The van der Waals surface area contributed by atoms with Gasteiger partial charge in [0.15, 0.2) is 0 Å². The van der Waals surface area contributed by atoms with Gasteiger partial charge in [0.25, 0.3) is 0 Å². The van der Waals surface area contributed by atoms with E-state index < -0.39 is 11.8 Å². The van der Waals surface area contributed by atoms with Gasteiger partial charge in [-0.05, 0) is 95.6 Å². The van der Waals surface area contributed by atoms with Crippen LogP contribution in [0.3, 0.4) is 0 Å². The van der Waals surface area contributed by atoms with Gasteiger partial charge in [0, 0.05) is 69.7 Å². The van der Waals surface area contributed by atoms with Gasteiger partial charge in [0.05, 0.1) is 18.1 Å². The van der Waals surface area contributed by atoms with E-state index in [1.54, 1.807) is 11.2 Å². The molecular weight excluding hydrogens is 670 g/mol. The largest absolute Gasteiger partial charge is 0.458 e. The molecule has 0 bridgehead atoms. The smallest absolute Gasteiger partial charge is 0.227 e. The number of ether oxygens (including phenoxy) is 2. The lowest BCUT2D eigenvalue weighted by atomic mass is 9.95. The summed E-state index contributed by atoms with van der Waals surface area (Å²) in [6.07, 6.45) is 12.1. The van der Waals surface area contributed by atoms with E-state index in [0.717, 1.165) is 62.3 Å². The molecule has 2 amide bonds. The number of amides is 2. The monoisotopic (exact) mass is 740 g/mol. The molecule has 0 saturated carbocycles. The Balaban J connectivity index is 1.42. The lowest BCUT2D eigenvalue weighted by Gasteiger charge is -2.32. The van der Waals surface area contributed by atoms with E-state index in [1.807, 2.05) is 56.3 Å². The van der Waals surface area contributed by atoms with Crippen LogP contribution < -0.4 is 26.9 Å². The topological polar surface area (TPSA) is 159 Å². The third-order valence-corrected chi connectivity index (χ3v) is 9.66. The first-order valence-corrected chi connectivity index (χ1v) is 19.5. The summed E-state index contributed by atoms with van der Waals surface area (Å²) in [7, 11) is 0. The van der Waals surface area contributed by atoms with Gasteiger partial charge in [-0.2, -0.15) is 0 Å². The maximum Gasteiger partial charge on any atom is 0.227 e. The number of hydrazine groups is 1. The summed E-state index contributed by atoms with van der Waals surface area (Å²) in [4.78, 5) is 29.8. The van der Waals surface area contributed by atoms with Crippen molar-refractivity contribution in [2.75, 3.05) is 45.9 Å². The summed E-state index contributed by atoms with van der Waals surface area (Å²) in [6, 6.07) is 7.99. The van der Waals surface area contributed by atoms with Crippen molar-refractivity contribution in [3.8, 4) is 5.75 Å². The molecule has 0 spiro atoms. The van der Waals surface area contributed by atoms with Crippen LogP contribution in [-0.2, 0) is 20.9 Å². The molecule has 12 heteroatoms. The minimum atomic E-state index is -0.673. The van der Waals surface area contributed by atoms with Crippen molar-refractivity contribution in [3.05, 3.63) is 65.7 Å². The molecule has 1 aliphatic carbocycles. The number of nitrogens with zero attached hydrogens (tertiary/aromatic N) is 3. The Morgan fingerprint density at radius 2 is 1.89 bits per heavy atom. The number of hydrogen-bond donors (Lipinski definition) is 5. The molecule has 2 unspecified atom stereocenters. The molecule has 1 fully saturated rings.